The van der Waals surface area contributed by atoms with E-state index in [0.29, 0.717) is 6.61 Å². The summed E-state index contributed by atoms with van der Waals surface area (Å²) in [5.41, 5.74) is 9.95. The van der Waals surface area contributed by atoms with Gasteiger partial charge >= 0.3 is 0 Å². The summed E-state index contributed by atoms with van der Waals surface area (Å²) in [6, 6.07) is 6.55. The van der Waals surface area contributed by atoms with E-state index in [1.54, 1.807) is 0 Å². The molecule has 1 aromatic carbocycles. The zero-order valence-corrected chi connectivity index (χ0v) is 10.0. The predicted octanol–water partition coefficient (Wildman–Crippen LogP) is 2.59. The molecule has 0 bridgehead atoms. The van der Waals surface area contributed by atoms with Crippen LogP contribution in [-0.2, 0) is 17.8 Å². The molecule has 1 aliphatic rings. The molecule has 2 nitrogen and oxygen atoms in total. The molecule has 0 saturated heterocycles. The Kier molecular flexibility index (Phi) is 4.14. The van der Waals surface area contributed by atoms with Gasteiger partial charge in [0.05, 0.1) is 18.8 Å². The molecule has 0 aliphatic carbocycles. The third-order valence-corrected chi connectivity index (χ3v) is 2.99. The number of hydrogen-bond acceptors (Lipinski definition) is 2. The van der Waals surface area contributed by atoms with E-state index in [9.17, 15) is 0 Å². The molecule has 0 spiro atoms. The van der Waals surface area contributed by atoms with Crippen molar-refractivity contribution in [3.63, 3.8) is 0 Å². The van der Waals surface area contributed by atoms with Gasteiger partial charge in [0.15, 0.2) is 0 Å². The summed E-state index contributed by atoms with van der Waals surface area (Å²) in [4.78, 5) is 0. The molecule has 3 heteroatoms. The summed E-state index contributed by atoms with van der Waals surface area (Å²) >= 11 is 0. The highest BCUT2D eigenvalue weighted by atomic mass is 35.5. The number of ether oxygens (including phenoxy) is 1. The van der Waals surface area contributed by atoms with E-state index in [0.717, 1.165) is 6.42 Å². The second-order valence-electron chi connectivity index (χ2n) is 3.93. The van der Waals surface area contributed by atoms with Gasteiger partial charge in [-0.25, -0.2) is 0 Å². The summed E-state index contributed by atoms with van der Waals surface area (Å²) in [5.74, 6) is 0. The highest BCUT2D eigenvalue weighted by Crippen LogP contribution is 2.28. The van der Waals surface area contributed by atoms with Gasteiger partial charge in [0, 0.05) is 0 Å². The molecule has 1 heterocycles. The third kappa shape index (κ3) is 2.33. The Morgan fingerprint density at radius 1 is 1.47 bits per heavy atom. The van der Waals surface area contributed by atoms with Gasteiger partial charge in [-0.05, 0) is 30.0 Å². The van der Waals surface area contributed by atoms with Gasteiger partial charge < -0.3 is 10.5 Å². The Morgan fingerprint density at radius 3 is 2.87 bits per heavy atom. The molecule has 0 fully saturated rings. The lowest BCUT2D eigenvalue weighted by Gasteiger charge is -2.29. The fourth-order valence-electron chi connectivity index (χ4n) is 1.88. The van der Waals surface area contributed by atoms with Crippen LogP contribution in [-0.4, -0.2) is 6.10 Å². The SMILES string of the molecule is CCc1ccc2c(c1)[C@H](N)[C@H](C)OC2.Cl. The van der Waals surface area contributed by atoms with Gasteiger partial charge in [0.1, 0.15) is 0 Å². The highest BCUT2D eigenvalue weighted by Gasteiger charge is 2.23. The molecule has 2 atom stereocenters. The standard InChI is InChI=1S/C12H17NO.ClH/c1-3-9-4-5-10-7-14-8(2)12(13)11(10)6-9;/h4-6,8,12H,3,7,13H2,1-2H3;1H/t8-,12+;/m0./s1. The average Bonchev–Trinajstić information content (AvgIpc) is 2.23. The fraction of sp³-hybridized carbons (Fsp3) is 0.500. The van der Waals surface area contributed by atoms with Crippen molar-refractivity contribution in [2.75, 3.05) is 0 Å². The normalized spacial score (nSPS) is 24.2. The third-order valence-electron chi connectivity index (χ3n) is 2.99. The quantitative estimate of drug-likeness (QED) is 0.801. The lowest BCUT2D eigenvalue weighted by Crippen LogP contribution is -2.31. The summed E-state index contributed by atoms with van der Waals surface area (Å²) in [5, 5.41) is 0. The van der Waals surface area contributed by atoms with Crippen molar-refractivity contribution in [3.05, 3.63) is 34.9 Å². The summed E-state index contributed by atoms with van der Waals surface area (Å²) in [6.45, 7) is 4.90. The van der Waals surface area contributed by atoms with E-state index in [2.05, 4.69) is 25.1 Å². The van der Waals surface area contributed by atoms with E-state index in [1.807, 2.05) is 6.92 Å². The second-order valence-corrected chi connectivity index (χ2v) is 3.93. The van der Waals surface area contributed by atoms with Crippen molar-refractivity contribution in [1.29, 1.82) is 0 Å². The Labute approximate surface area is 97.2 Å². The van der Waals surface area contributed by atoms with Crippen LogP contribution in [0.4, 0.5) is 0 Å². The fourth-order valence-corrected chi connectivity index (χ4v) is 1.88. The van der Waals surface area contributed by atoms with Crippen LogP contribution in [0, 0.1) is 0 Å². The van der Waals surface area contributed by atoms with Crippen LogP contribution >= 0.6 is 12.4 Å². The van der Waals surface area contributed by atoms with Crippen LogP contribution in [0.1, 0.15) is 36.6 Å². The Balaban J connectivity index is 0.00000112. The number of hydrogen-bond donors (Lipinski definition) is 1. The molecule has 0 saturated carbocycles. The molecule has 84 valence electrons. The van der Waals surface area contributed by atoms with Gasteiger partial charge in [-0.1, -0.05) is 25.1 Å². The van der Waals surface area contributed by atoms with Crippen LogP contribution in [0.3, 0.4) is 0 Å². The molecular formula is C12H18ClNO. The minimum absolute atomic E-state index is 0. The zero-order valence-electron chi connectivity index (χ0n) is 9.19. The van der Waals surface area contributed by atoms with Gasteiger partial charge in [0.25, 0.3) is 0 Å². The first-order valence-electron chi connectivity index (χ1n) is 5.21. The van der Waals surface area contributed by atoms with Crippen molar-refractivity contribution in [1.82, 2.24) is 0 Å². The first kappa shape index (κ1) is 12.5. The first-order valence-corrected chi connectivity index (χ1v) is 5.21. The van der Waals surface area contributed by atoms with E-state index in [-0.39, 0.29) is 24.6 Å². The van der Waals surface area contributed by atoms with E-state index >= 15 is 0 Å². The van der Waals surface area contributed by atoms with Crippen molar-refractivity contribution in [2.45, 2.75) is 39.0 Å². The zero-order chi connectivity index (χ0) is 10.1. The molecule has 0 radical (unpaired) electrons. The van der Waals surface area contributed by atoms with Crippen LogP contribution in [0.5, 0.6) is 0 Å². The maximum atomic E-state index is 6.09. The van der Waals surface area contributed by atoms with E-state index < -0.39 is 0 Å². The largest absolute Gasteiger partial charge is 0.372 e. The minimum atomic E-state index is 0. The van der Waals surface area contributed by atoms with Gasteiger partial charge in [-0.15, -0.1) is 12.4 Å². The minimum Gasteiger partial charge on any atom is -0.372 e. The Hall–Kier alpha value is -0.570. The maximum Gasteiger partial charge on any atom is 0.0744 e. The molecule has 1 aliphatic heterocycles. The summed E-state index contributed by atoms with van der Waals surface area (Å²) in [7, 11) is 0. The number of aryl methyl sites for hydroxylation is 1. The molecular weight excluding hydrogens is 210 g/mol. The number of fused-ring (bicyclic) bond motifs is 1. The molecule has 0 amide bonds. The van der Waals surface area contributed by atoms with E-state index in [1.165, 1.54) is 16.7 Å². The molecule has 2 N–H and O–H groups in total. The van der Waals surface area contributed by atoms with Gasteiger partial charge in [-0.3, -0.25) is 0 Å². The van der Waals surface area contributed by atoms with Crippen LogP contribution in [0.25, 0.3) is 0 Å². The second kappa shape index (κ2) is 4.97. The van der Waals surface area contributed by atoms with Crippen LogP contribution in [0.2, 0.25) is 0 Å². The topological polar surface area (TPSA) is 35.2 Å². The monoisotopic (exact) mass is 227 g/mol. The first-order chi connectivity index (χ1) is 6.72. The van der Waals surface area contributed by atoms with E-state index in [4.69, 9.17) is 10.5 Å². The number of nitrogens with two attached hydrogens (primary N) is 1. The van der Waals surface area contributed by atoms with Crippen LogP contribution in [0.15, 0.2) is 18.2 Å². The molecule has 0 aromatic heterocycles. The van der Waals surface area contributed by atoms with Gasteiger partial charge in [-0.2, -0.15) is 0 Å². The molecule has 1 aromatic rings. The number of benzene rings is 1. The maximum absolute atomic E-state index is 6.09. The smallest absolute Gasteiger partial charge is 0.0744 e. The Bertz CT molecular complexity index is 340. The lowest BCUT2D eigenvalue weighted by molar-refractivity contribution is 0.0213. The molecule has 15 heavy (non-hydrogen) atoms. The molecule has 0 unspecified atom stereocenters. The molecule has 2 rings (SSSR count). The predicted molar refractivity (Wildman–Crippen MR) is 64.2 cm³/mol. The van der Waals surface area contributed by atoms with Gasteiger partial charge in [0.2, 0.25) is 0 Å². The highest BCUT2D eigenvalue weighted by molar-refractivity contribution is 5.85. The summed E-state index contributed by atoms with van der Waals surface area (Å²) < 4.78 is 5.57. The van der Waals surface area contributed by atoms with Crippen LogP contribution < -0.4 is 5.73 Å². The Morgan fingerprint density at radius 2 is 2.20 bits per heavy atom. The lowest BCUT2D eigenvalue weighted by atomic mass is 9.93. The van der Waals surface area contributed by atoms with Crippen molar-refractivity contribution >= 4 is 12.4 Å². The number of rotatable bonds is 1. The van der Waals surface area contributed by atoms with Crippen molar-refractivity contribution in [2.24, 2.45) is 5.73 Å². The van der Waals surface area contributed by atoms with Crippen molar-refractivity contribution < 1.29 is 4.74 Å². The number of halogens is 1. The average molecular weight is 228 g/mol. The summed E-state index contributed by atoms with van der Waals surface area (Å²) in [6.07, 6.45) is 1.20. The van der Waals surface area contributed by atoms with Crippen molar-refractivity contribution in [3.8, 4) is 0 Å².